The molecule has 21 heavy (non-hydrogen) atoms. The van der Waals surface area contributed by atoms with Crippen LogP contribution in [0.4, 0.5) is 5.69 Å². The van der Waals surface area contributed by atoms with E-state index >= 15 is 0 Å². The van der Waals surface area contributed by atoms with Crippen LogP contribution in [-0.2, 0) is 4.74 Å². The van der Waals surface area contributed by atoms with Crippen molar-refractivity contribution in [2.75, 3.05) is 12.3 Å². The average molecular weight is 353 g/mol. The van der Waals surface area contributed by atoms with Gasteiger partial charge >= 0.3 is 5.97 Å². The Morgan fingerprint density at radius 3 is 2.71 bits per heavy atom. The molecule has 0 saturated carbocycles. The Bertz CT molecular complexity index is 711. The largest absolute Gasteiger partial charge is 0.461 e. The summed E-state index contributed by atoms with van der Waals surface area (Å²) in [7, 11) is 0. The van der Waals surface area contributed by atoms with Gasteiger partial charge < -0.3 is 16.2 Å². The van der Waals surface area contributed by atoms with Crippen LogP contribution in [0.3, 0.4) is 0 Å². The van der Waals surface area contributed by atoms with Crippen molar-refractivity contribution in [3.63, 3.8) is 0 Å². The zero-order chi connectivity index (χ0) is 15.6. The van der Waals surface area contributed by atoms with Crippen molar-refractivity contribution < 1.29 is 14.3 Å². The standard InChI is InChI=1S/C13H13BrN4O3/c1-2-21-13(20)11-10(15)6-18(17-11)7-3-4-8(12(16)19)9(14)5-7/h3-6H,2,15H2,1H3,(H2,16,19). The molecule has 0 radical (unpaired) electrons. The van der Waals surface area contributed by atoms with E-state index in [1.54, 1.807) is 25.1 Å². The number of esters is 1. The van der Waals surface area contributed by atoms with Crippen LogP contribution in [0, 0.1) is 0 Å². The number of nitrogen functional groups attached to an aromatic ring is 1. The van der Waals surface area contributed by atoms with E-state index in [1.807, 2.05) is 0 Å². The van der Waals surface area contributed by atoms with Crippen LogP contribution in [0.25, 0.3) is 5.69 Å². The van der Waals surface area contributed by atoms with Crippen LogP contribution in [0.2, 0.25) is 0 Å². The Hall–Kier alpha value is -2.35. The monoisotopic (exact) mass is 352 g/mol. The molecule has 1 heterocycles. The van der Waals surface area contributed by atoms with Crippen molar-refractivity contribution in [1.29, 1.82) is 0 Å². The second kappa shape index (κ2) is 5.96. The number of hydrogen-bond donors (Lipinski definition) is 2. The average Bonchev–Trinajstić information content (AvgIpc) is 2.80. The Balaban J connectivity index is 2.39. The van der Waals surface area contributed by atoms with Crippen LogP contribution in [-0.4, -0.2) is 28.3 Å². The normalized spacial score (nSPS) is 10.4. The molecule has 0 unspecified atom stereocenters. The molecule has 1 aromatic carbocycles. The van der Waals surface area contributed by atoms with Gasteiger partial charge in [0.2, 0.25) is 5.91 Å². The van der Waals surface area contributed by atoms with E-state index in [-0.39, 0.29) is 18.0 Å². The second-order valence-electron chi connectivity index (χ2n) is 4.13. The molecule has 0 spiro atoms. The van der Waals surface area contributed by atoms with Gasteiger partial charge in [0.1, 0.15) is 0 Å². The van der Waals surface area contributed by atoms with Crippen LogP contribution in [0.1, 0.15) is 27.8 Å². The minimum absolute atomic E-state index is 0.0481. The molecular weight excluding hydrogens is 340 g/mol. The third-order valence-corrected chi connectivity index (χ3v) is 3.35. The van der Waals surface area contributed by atoms with Gasteiger partial charge in [-0.1, -0.05) is 0 Å². The third-order valence-electron chi connectivity index (χ3n) is 2.69. The summed E-state index contributed by atoms with van der Waals surface area (Å²) in [4.78, 5) is 22.8. The molecule has 1 aromatic heterocycles. The highest BCUT2D eigenvalue weighted by Crippen LogP contribution is 2.22. The fourth-order valence-electron chi connectivity index (χ4n) is 1.72. The number of carbonyl (C=O) groups is 2. The van der Waals surface area contributed by atoms with Gasteiger partial charge in [-0.05, 0) is 41.1 Å². The predicted molar refractivity (Wildman–Crippen MR) is 80.2 cm³/mol. The molecule has 110 valence electrons. The van der Waals surface area contributed by atoms with Gasteiger partial charge in [0, 0.05) is 4.47 Å². The van der Waals surface area contributed by atoms with Crippen LogP contribution in [0.15, 0.2) is 28.9 Å². The van der Waals surface area contributed by atoms with Crippen molar-refractivity contribution in [1.82, 2.24) is 9.78 Å². The van der Waals surface area contributed by atoms with Crippen LogP contribution in [0.5, 0.6) is 0 Å². The SMILES string of the molecule is CCOC(=O)c1nn(-c2ccc(C(N)=O)c(Br)c2)cc1N. The number of ether oxygens (including phenoxy) is 1. The molecule has 0 saturated heterocycles. The Morgan fingerprint density at radius 2 is 2.14 bits per heavy atom. The number of aromatic nitrogens is 2. The molecule has 2 rings (SSSR count). The second-order valence-corrected chi connectivity index (χ2v) is 4.98. The number of halogens is 1. The number of anilines is 1. The van der Waals surface area contributed by atoms with Gasteiger partial charge in [-0.15, -0.1) is 0 Å². The lowest BCUT2D eigenvalue weighted by Crippen LogP contribution is -2.12. The molecule has 0 bridgehead atoms. The zero-order valence-corrected chi connectivity index (χ0v) is 12.8. The van der Waals surface area contributed by atoms with E-state index in [4.69, 9.17) is 16.2 Å². The van der Waals surface area contributed by atoms with Gasteiger partial charge in [0.25, 0.3) is 0 Å². The minimum Gasteiger partial charge on any atom is -0.461 e. The van der Waals surface area contributed by atoms with Gasteiger partial charge in [-0.3, -0.25) is 4.79 Å². The van der Waals surface area contributed by atoms with Crippen LogP contribution < -0.4 is 11.5 Å². The number of primary amides is 1. The molecule has 7 nitrogen and oxygen atoms in total. The maximum Gasteiger partial charge on any atom is 0.361 e. The molecule has 8 heteroatoms. The summed E-state index contributed by atoms with van der Waals surface area (Å²) >= 11 is 3.26. The lowest BCUT2D eigenvalue weighted by Gasteiger charge is -2.05. The highest BCUT2D eigenvalue weighted by molar-refractivity contribution is 9.10. The van der Waals surface area contributed by atoms with Crippen molar-refractivity contribution in [2.24, 2.45) is 5.73 Å². The van der Waals surface area contributed by atoms with E-state index in [0.717, 1.165) is 0 Å². The van der Waals surface area contributed by atoms with Gasteiger partial charge in [-0.25, -0.2) is 9.48 Å². The van der Waals surface area contributed by atoms with E-state index in [9.17, 15) is 9.59 Å². The molecule has 2 aromatic rings. The fourth-order valence-corrected chi connectivity index (χ4v) is 2.29. The first-order chi connectivity index (χ1) is 9.93. The molecule has 0 fully saturated rings. The maximum atomic E-state index is 11.7. The Morgan fingerprint density at radius 1 is 1.43 bits per heavy atom. The number of carbonyl (C=O) groups excluding carboxylic acids is 2. The molecule has 0 aliphatic rings. The summed E-state index contributed by atoms with van der Waals surface area (Å²) < 4.78 is 6.82. The topological polar surface area (TPSA) is 113 Å². The first kappa shape index (κ1) is 15.0. The van der Waals surface area contributed by atoms with Crippen molar-refractivity contribution in [2.45, 2.75) is 6.92 Å². The quantitative estimate of drug-likeness (QED) is 0.809. The summed E-state index contributed by atoms with van der Waals surface area (Å²) in [6.07, 6.45) is 1.50. The van der Waals surface area contributed by atoms with Crippen molar-refractivity contribution >= 4 is 33.5 Å². The molecule has 0 atom stereocenters. The molecular formula is C13H13BrN4O3. The van der Waals surface area contributed by atoms with Gasteiger partial charge in [0.15, 0.2) is 5.69 Å². The third kappa shape index (κ3) is 3.05. The van der Waals surface area contributed by atoms with Gasteiger partial charge in [0.05, 0.1) is 29.7 Å². The highest BCUT2D eigenvalue weighted by atomic mass is 79.9. The molecule has 1 amide bonds. The first-order valence-corrected chi connectivity index (χ1v) is 6.85. The molecule has 0 aliphatic carbocycles. The summed E-state index contributed by atoms with van der Waals surface area (Å²) in [5, 5.41) is 4.09. The Labute approximate surface area is 129 Å². The van der Waals surface area contributed by atoms with E-state index in [0.29, 0.717) is 15.7 Å². The van der Waals surface area contributed by atoms with Crippen molar-refractivity contribution in [3.05, 3.63) is 40.1 Å². The lowest BCUT2D eigenvalue weighted by atomic mass is 10.2. The number of nitrogens with zero attached hydrogens (tertiary/aromatic N) is 2. The lowest BCUT2D eigenvalue weighted by molar-refractivity contribution is 0.0520. The summed E-state index contributed by atoms with van der Waals surface area (Å²) in [6.45, 7) is 1.94. The molecule has 4 N–H and O–H groups in total. The summed E-state index contributed by atoms with van der Waals surface area (Å²) in [6, 6.07) is 4.86. The summed E-state index contributed by atoms with van der Waals surface area (Å²) in [5.74, 6) is -1.12. The van der Waals surface area contributed by atoms with Crippen molar-refractivity contribution in [3.8, 4) is 5.69 Å². The number of rotatable bonds is 4. The van der Waals surface area contributed by atoms with E-state index in [1.165, 1.54) is 10.9 Å². The van der Waals surface area contributed by atoms with E-state index in [2.05, 4.69) is 21.0 Å². The Kier molecular flexibility index (Phi) is 4.27. The zero-order valence-electron chi connectivity index (χ0n) is 11.2. The van der Waals surface area contributed by atoms with Crippen LogP contribution >= 0.6 is 15.9 Å². The highest BCUT2D eigenvalue weighted by Gasteiger charge is 2.17. The maximum absolute atomic E-state index is 11.7. The smallest absolute Gasteiger partial charge is 0.361 e. The minimum atomic E-state index is -0.582. The number of nitrogens with two attached hydrogens (primary N) is 2. The fraction of sp³-hybridized carbons (Fsp3) is 0.154. The first-order valence-electron chi connectivity index (χ1n) is 6.06. The number of benzene rings is 1. The number of hydrogen-bond acceptors (Lipinski definition) is 5. The predicted octanol–water partition coefficient (Wildman–Crippen LogP) is 1.49. The molecule has 0 aliphatic heterocycles. The van der Waals surface area contributed by atoms with Gasteiger partial charge in [-0.2, -0.15) is 5.10 Å². The number of amides is 1. The summed E-state index contributed by atoms with van der Waals surface area (Å²) in [5.41, 5.74) is 12.2. The van der Waals surface area contributed by atoms with E-state index < -0.39 is 11.9 Å².